The zero-order valence-corrected chi connectivity index (χ0v) is 16.9. The third-order valence-electron chi connectivity index (χ3n) is 4.59. The van der Waals surface area contributed by atoms with E-state index in [1.54, 1.807) is 27.2 Å². The number of aromatic nitrogens is 4. The van der Waals surface area contributed by atoms with E-state index in [-0.39, 0.29) is 5.91 Å². The van der Waals surface area contributed by atoms with E-state index in [1.165, 1.54) is 11.3 Å². The smallest absolute Gasteiger partial charge is 0.288 e. The second kappa shape index (κ2) is 7.63. The Bertz CT molecular complexity index is 1010. The molecule has 7 nitrogen and oxygen atoms in total. The molecule has 0 bridgehead atoms. The first-order valence-electron chi connectivity index (χ1n) is 8.67. The second-order valence-electron chi connectivity index (χ2n) is 6.37. The van der Waals surface area contributed by atoms with Crippen molar-refractivity contribution in [3.05, 3.63) is 28.3 Å². The Hall–Kier alpha value is -2.27. The molecule has 0 saturated carbocycles. The molecule has 0 aromatic carbocycles. The number of aryl methyl sites for hydroxylation is 2. The van der Waals surface area contributed by atoms with Crippen LogP contribution in [0.3, 0.4) is 0 Å². The fraction of sp³-hybridized carbons (Fsp3) is 0.412. The summed E-state index contributed by atoms with van der Waals surface area (Å²) in [5, 5.41) is 6.82. The van der Waals surface area contributed by atoms with E-state index in [9.17, 15) is 13.6 Å². The lowest BCUT2D eigenvalue weighted by Gasteiger charge is -2.35. The van der Waals surface area contributed by atoms with Gasteiger partial charge < -0.3 is 9.80 Å². The summed E-state index contributed by atoms with van der Waals surface area (Å²) in [6.07, 6.45) is 1.75. The highest BCUT2D eigenvalue weighted by Gasteiger charge is 2.27. The summed E-state index contributed by atoms with van der Waals surface area (Å²) in [6, 6.07) is 1.58. The largest absolute Gasteiger partial charge is 0.352 e. The Labute approximate surface area is 168 Å². The van der Waals surface area contributed by atoms with Gasteiger partial charge in [-0.1, -0.05) is 11.8 Å². The van der Waals surface area contributed by atoms with Gasteiger partial charge in [-0.05, 0) is 18.4 Å². The maximum Gasteiger partial charge on any atom is 0.288 e. The number of halogens is 2. The molecule has 1 aliphatic rings. The average molecular weight is 425 g/mol. The van der Waals surface area contributed by atoms with Crippen molar-refractivity contribution in [1.29, 1.82) is 0 Å². The number of anilines is 1. The Morgan fingerprint density at radius 1 is 1.25 bits per heavy atom. The lowest BCUT2D eigenvalue weighted by molar-refractivity contribution is 0.0748. The van der Waals surface area contributed by atoms with E-state index in [2.05, 4.69) is 20.0 Å². The highest BCUT2D eigenvalue weighted by atomic mass is 32.2. The molecule has 0 aliphatic carbocycles. The topological polar surface area (TPSA) is 67.2 Å². The Morgan fingerprint density at radius 2 is 2.00 bits per heavy atom. The number of carbonyl (C=O) groups is 1. The molecule has 1 fully saturated rings. The number of carbonyl (C=O) groups excluding carboxylic acids is 1. The predicted octanol–water partition coefficient (Wildman–Crippen LogP) is 3.01. The minimum Gasteiger partial charge on any atom is -0.352 e. The summed E-state index contributed by atoms with van der Waals surface area (Å²) < 4.78 is 27.1. The molecular weight excluding hydrogens is 406 g/mol. The first kappa shape index (κ1) is 19.1. The van der Waals surface area contributed by atoms with Gasteiger partial charge in [0.2, 0.25) is 0 Å². The number of piperazine rings is 1. The van der Waals surface area contributed by atoms with Crippen LogP contribution in [0.15, 0.2) is 22.5 Å². The van der Waals surface area contributed by atoms with Crippen LogP contribution in [0.4, 0.5) is 14.6 Å². The van der Waals surface area contributed by atoms with Crippen molar-refractivity contribution in [1.82, 2.24) is 24.6 Å². The molecular formula is C17H18F2N6OS2. The number of rotatable bonds is 4. The standard InChI is InChI=1S/C17H18F2N6OS2/c1-10-21-14-11(9-20-23(14)2)15(22-10)24-4-6-25(7-5-24)16(26)13-12(3-8-27-13)28-17(18)19/h3,8-9,17H,4-7H2,1-2H3. The third-order valence-corrected chi connectivity index (χ3v) is 6.39. The molecule has 1 saturated heterocycles. The first-order chi connectivity index (χ1) is 13.4. The minimum absolute atomic E-state index is 0.191. The number of fused-ring (bicyclic) bond motifs is 1. The molecule has 4 rings (SSSR count). The SMILES string of the molecule is Cc1nc(N2CCN(C(=O)c3sccc3SC(F)F)CC2)c2cnn(C)c2n1. The molecule has 28 heavy (non-hydrogen) atoms. The van der Waals surface area contributed by atoms with Crippen molar-refractivity contribution < 1.29 is 13.6 Å². The quantitative estimate of drug-likeness (QED) is 0.600. The molecule has 0 unspecified atom stereocenters. The lowest BCUT2D eigenvalue weighted by atomic mass is 10.2. The maximum absolute atomic E-state index is 12.8. The summed E-state index contributed by atoms with van der Waals surface area (Å²) >= 11 is 1.63. The van der Waals surface area contributed by atoms with Crippen molar-refractivity contribution >= 4 is 45.9 Å². The van der Waals surface area contributed by atoms with Crippen LogP contribution in [0.5, 0.6) is 0 Å². The van der Waals surface area contributed by atoms with Crippen LogP contribution in [-0.2, 0) is 7.05 Å². The van der Waals surface area contributed by atoms with Crippen LogP contribution < -0.4 is 4.90 Å². The molecule has 4 heterocycles. The van der Waals surface area contributed by atoms with Gasteiger partial charge in [0.1, 0.15) is 16.5 Å². The average Bonchev–Trinajstić information content (AvgIpc) is 3.27. The van der Waals surface area contributed by atoms with Crippen LogP contribution in [0.25, 0.3) is 11.0 Å². The molecule has 0 spiro atoms. The lowest BCUT2D eigenvalue weighted by Crippen LogP contribution is -2.49. The number of hydrogen-bond acceptors (Lipinski definition) is 7. The molecule has 1 aliphatic heterocycles. The molecule has 3 aromatic rings. The summed E-state index contributed by atoms with van der Waals surface area (Å²) in [5.41, 5.74) is 0.772. The number of alkyl halides is 2. The van der Waals surface area contributed by atoms with Gasteiger partial charge in [0, 0.05) is 38.1 Å². The van der Waals surface area contributed by atoms with Crippen LogP contribution in [0.1, 0.15) is 15.5 Å². The molecule has 3 aromatic heterocycles. The van der Waals surface area contributed by atoms with Crippen molar-refractivity contribution in [3.8, 4) is 0 Å². The highest BCUT2D eigenvalue weighted by Crippen LogP contribution is 2.33. The van der Waals surface area contributed by atoms with Crippen molar-refractivity contribution in [2.45, 2.75) is 17.6 Å². The van der Waals surface area contributed by atoms with Crippen LogP contribution in [0.2, 0.25) is 0 Å². The highest BCUT2D eigenvalue weighted by molar-refractivity contribution is 7.99. The van der Waals surface area contributed by atoms with E-state index < -0.39 is 5.76 Å². The van der Waals surface area contributed by atoms with Gasteiger partial charge in [-0.25, -0.2) is 9.97 Å². The zero-order chi connectivity index (χ0) is 19.8. The molecule has 1 amide bonds. The summed E-state index contributed by atoms with van der Waals surface area (Å²) in [5.74, 6) is -1.26. The maximum atomic E-state index is 12.8. The van der Waals surface area contributed by atoms with Gasteiger partial charge in [-0.2, -0.15) is 13.9 Å². The number of thioether (sulfide) groups is 1. The monoisotopic (exact) mass is 424 g/mol. The van der Waals surface area contributed by atoms with Gasteiger partial charge in [0.05, 0.1) is 11.6 Å². The number of amides is 1. The zero-order valence-electron chi connectivity index (χ0n) is 15.3. The molecule has 148 valence electrons. The van der Waals surface area contributed by atoms with Crippen molar-refractivity contribution in [2.24, 2.45) is 7.05 Å². The summed E-state index contributed by atoms with van der Waals surface area (Å²) in [7, 11) is 1.84. The predicted molar refractivity (Wildman–Crippen MR) is 105 cm³/mol. The second-order valence-corrected chi connectivity index (χ2v) is 8.32. The third kappa shape index (κ3) is 3.55. The van der Waals surface area contributed by atoms with Gasteiger partial charge in [-0.15, -0.1) is 11.3 Å². The molecule has 0 radical (unpaired) electrons. The molecule has 0 N–H and O–H groups in total. The van der Waals surface area contributed by atoms with Crippen LogP contribution in [-0.4, -0.2) is 62.5 Å². The van der Waals surface area contributed by atoms with Gasteiger partial charge in [-0.3, -0.25) is 9.48 Å². The Morgan fingerprint density at radius 3 is 2.71 bits per heavy atom. The van der Waals surface area contributed by atoms with E-state index in [1.807, 2.05) is 14.0 Å². The fourth-order valence-electron chi connectivity index (χ4n) is 3.26. The van der Waals surface area contributed by atoms with Crippen LogP contribution >= 0.6 is 23.1 Å². The van der Waals surface area contributed by atoms with E-state index >= 15 is 0 Å². The van der Waals surface area contributed by atoms with E-state index in [4.69, 9.17) is 0 Å². The molecule has 11 heteroatoms. The number of hydrogen-bond donors (Lipinski definition) is 0. The normalized spacial score (nSPS) is 15.0. The van der Waals surface area contributed by atoms with Crippen LogP contribution in [0, 0.1) is 6.92 Å². The van der Waals surface area contributed by atoms with Gasteiger partial charge in [0.25, 0.3) is 11.7 Å². The number of thiophene rings is 1. The van der Waals surface area contributed by atoms with E-state index in [0.717, 1.165) is 16.9 Å². The minimum atomic E-state index is -2.54. The Balaban J connectivity index is 1.50. The van der Waals surface area contributed by atoms with Gasteiger partial charge in [0.15, 0.2) is 5.65 Å². The van der Waals surface area contributed by atoms with Gasteiger partial charge >= 0.3 is 0 Å². The Kier molecular flexibility index (Phi) is 5.19. The summed E-state index contributed by atoms with van der Waals surface area (Å²) in [4.78, 5) is 26.4. The summed E-state index contributed by atoms with van der Waals surface area (Å²) in [6.45, 7) is 4.05. The first-order valence-corrected chi connectivity index (χ1v) is 10.4. The van der Waals surface area contributed by atoms with E-state index in [0.29, 0.717) is 53.5 Å². The number of nitrogens with zero attached hydrogens (tertiary/aromatic N) is 6. The van der Waals surface area contributed by atoms with Crippen molar-refractivity contribution in [2.75, 3.05) is 31.1 Å². The fourth-order valence-corrected chi connectivity index (χ4v) is 4.92. The molecule has 0 atom stereocenters. The van der Waals surface area contributed by atoms with Crippen molar-refractivity contribution in [3.63, 3.8) is 0 Å².